The molecule has 13 heteroatoms. The van der Waals surface area contributed by atoms with Gasteiger partial charge < -0.3 is 48.1 Å². The first-order valence-corrected chi connectivity index (χ1v) is 13.6. The molecule has 1 heterocycles. The van der Waals surface area contributed by atoms with Crippen LogP contribution in [0.15, 0.2) is 72.8 Å². The minimum absolute atomic E-state index is 0.185. The zero-order valence-electron chi connectivity index (χ0n) is 25.4. The predicted molar refractivity (Wildman–Crippen MR) is 160 cm³/mol. The Bertz CT molecular complexity index is 1440. The summed E-state index contributed by atoms with van der Waals surface area (Å²) < 4.78 is 40.8. The second-order valence-corrected chi connectivity index (χ2v) is 9.60. The molecule has 46 heavy (non-hydrogen) atoms. The van der Waals surface area contributed by atoms with Gasteiger partial charge in [0.1, 0.15) is 50.3 Å². The Kier molecular flexibility index (Phi) is 12.9. The van der Waals surface area contributed by atoms with E-state index in [9.17, 15) is 24.6 Å². The lowest BCUT2D eigenvalue weighted by atomic mass is 10.2. The minimum atomic E-state index is -1.82. The van der Waals surface area contributed by atoms with E-state index < -0.39 is 42.7 Å². The molecule has 1 aliphatic heterocycles. The third-order valence-corrected chi connectivity index (χ3v) is 6.15. The molecule has 1 saturated heterocycles. The summed E-state index contributed by atoms with van der Waals surface area (Å²) in [7, 11) is 3.87. The van der Waals surface area contributed by atoms with E-state index in [-0.39, 0.29) is 19.8 Å². The average molecular weight is 639 g/mol. The Hall–Kier alpha value is -5.13. The molecular formula is C33H34O13. The molecule has 0 aliphatic carbocycles. The zero-order valence-corrected chi connectivity index (χ0v) is 25.4. The number of ether oxygens (including phenoxy) is 8. The molecule has 2 unspecified atom stereocenters. The van der Waals surface area contributed by atoms with E-state index in [2.05, 4.69) is 20.1 Å². The molecule has 0 spiro atoms. The molecule has 4 rings (SSSR count). The largest absolute Gasteiger partial charge is 0.488 e. The van der Waals surface area contributed by atoms with Crippen molar-refractivity contribution in [3.05, 3.63) is 89.5 Å². The molecule has 2 N–H and O–H groups in total. The first kappa shape index (κ1) is 35.4. The van der Waals surface area contributed by atoms with Crippen molar-refractivity contribution < 1.29 is 62.5 Å². The molecule has 3 aromatic rings. The smallest absolute Gasteiger partial charge is 0.337 e. The second kappa shape index (κ2) is 16.8. The Labute approximate surface area is 265 Å². The van der Waals surface area contributed by atoms with E-state index in [4.69, 9.17) is 30.1 Å². The highest BCUT2D eigenvalue weighted by Gasteiger charge is 2.44. The molecular weight excluding hydrogens is 604 g/mol. The SMILES string of the molecule is C#CCOc1cccc(C(=O)OC)c1.COC(=O)c1cccc(OCC2(O)COC(O)(COc3cccc(C(=O)OC)c3)CO2)c1. The number of benzene rings is 3. The quantitative estimate of drug-likeness (QED) is 0.179. The molecule has 3 aromatic carbocycles. The number of hydrogen-bond donors (Lipinski definition) is 2. The molecule has 244 valence electrons. The Morgan fingerprint density at radius 1 is 0.674 bits per heavy atom. The van der Waals surface area contributed by atoms with Gasteiger partial charge in [0.15, 0.2) is 0 Å². The van der Waals surface area contributed by atoms with Crippen molar-refractivity contribution in [2.24, 2.45) is 0 Å². The maximum Gasteiger partial charge on any atom is 0.337 e. The van der Waals surface area contributed by atoms with Gasteiger partial charge in [0, 0.05) is 0 Å². The number of carbonyl (C=O) groups excluding carboxylic acids is 3. The van der Waals surface area contributed by atoms with Crippen molar-refractivity contribution in [3.63, 3.8) is 0 Å². The fraction of sp³-hybridized carbons (Fsp3) is 0.303. The summed E-state index contributed by atoms with van der Waals surface area (Å²) in [6, 6.07) is 19.1. The summed E-state index contributed by atoms with van der Waals surface area (Å²) in [4.78, 5) is 34.3. The molecule has 1 aliphatic rings. The van der Waals surface area contributed by atoms with E-state index in [0.717, 1.165) is 0 Å². The summed E-state index contributed by atoms with van der Waals surface area (Å²) in [5, 5.41) is 21.1. The highest BCUT2D eigenvalue weighted by atomic mass is 16.7. The molecule has 0 saturated carbocycles. The van der Waals surface area contributed by atoms with Crippen LogP contribution in [0.4, 0.5) is 0 Å². The molecule has 0 aromatic heterocycles. The summed E-state index contributed by atoms with van der Waals surface area (Å²) in [6.07, 6.45) is 5.03. The van der Waals surface area contributed by atoms with Crippen LogP contribution in [0.1, 0.15) is 31.1 Å². The number of carbonyl (C=O) groups is 3. The van der Waals surface area contributed by atoms with E-state index in [0.29, 0.717) is 33.9 Å². The molecule has 0 amide bonds. The van der Waals surface area contributed by atoms with Crippen LogP contribution in [0.5, 0.6) is 17.2 Å². The van der Waals surface area contributed by atoms with Gasteiger partial charge in [0.05, 0.1) is 38.0 Å². The number of rotatable bonds is 11. The van der Waals surface area contributed by atoms with Crippen LogP contribution in [0, 0.1) is 12.3 Å². The topological polar surface area (TPSA) is 166 Å². The number of aliphatic hydroxyl groups is 2. The van der Waals surface area contributed by atoms with Gasteiger partial charge in [-0.2, -0.15) is 0 Å². The fourth-order valence-electron chi connectivity index (χ4n) is 3.75. The van der Waals surface area contributed by atoms with Gasteiger partial charge in [0.2, 0.25) is 11.6 Å². The van der Waals surface area contributed by atoms with Crippen molar-refractivity contribution >= 4 is 17.9 Å². The van der Waals surface area contributed by atoms with Crippen LogP contribution in [0.3, 0.4) is 0 Å². The Balaban J connectivity index is 0.000000344. The standard InChI is InChI=1S/C22H24O10.C11H10O3/c1-27-19(23)15-5-3-7-17(9-15)29-11-21(25)13-32-22(26,14-31-21)12-30-18-8-4-6-16(10-18)20(24)28-2;1-3-7-14-10-6-4-5-9(8-10)11(12)13-2/h3-10,25-26H,11-14H2,1-2H3;1,4-6,8H,7H2,2H3. The minimum Gasteiger partial charge on any atom is -0.488 e. The van der Waals surface area contributed by atoms with Crippen molar-refractivity contribution in [2.75, 3.05) is 54.4 Å². The summed E-state index contributed by atoms with van der Waals surface area (Å²) >= 11 is 0. The molecule has 1 fully saturated rings. The van der Waals surface area contributed by atoms with Gasteiger partial charge >= 0.3 is 17.9 Å². The third-order valence-electron chi connectivity index (χ3n) is 6.15. The van der Waals surface area contributed by atoms with Crippen molar-refractivity contribution in [1.82, 2.24) is 0 Å². The number of hydrogen-bond acceptors (Lipinski definition) is 13. The lowest BCUT2D eigenvalue weighted by molar-refractivity contribution is -0.374. The van der Waals surface area contributed by atoms with Crippen LogP contribution in [-0.2, 0) is 23.7 Å². The monoisotopic (exact) mass is 638 g/mol. The number of terminal acetylenes is 1. The normalized spacial score (nSPS) is 18.4. The highest BCUT2D eigenvalue weighted by Crippen LogP contribution is 2.25. The van der Waals surface area contributed by atoms with E-state index >= 15 is 0 Å². The first-order chi connectivity index (χ1) is 22.0. The molecule has 2 atom stereocenters. The Morgan fingerprint density at radius 3 is 1.33 bits per heavy atom. The van der Waals surface area contributed by atoms with Gasteiger partial charge in [-0.15, -0.1) is 6.42 Å². The van der Waals surface area contributed by atoms with E-state index in [1.54, 1.807) is 60.7 Å². The first-order valence-electron chi connectivity index (χ1n) is 13.6. The van der Waals surface area contributed by atoms with Crippen LogP contribution in [-0.4, -0.2) is 94.1 Å². The second-order valence-electron chi connectivity index (χ2n) is 9.60. The fourth-order valence-corrected chi connectivity index (χ4v) is 3.75. The van der Waals surface area contributed by atoms with Crippen LogP contribution >= 0.6 is 0 Å². The number of methoxy groups -OCH3 is 3. The van der Waals surface area contributed by atoms with Crippen molar-refractivity contribution in [2.45, 2.75) is 11.6 Å². The maximum atomic E-state index is 11.6. The molecule has 13 nitrogen and oxygen atoms in total. The van der Waals surface area contributed by atoms with Gasteiger partial charge in [-0.1, -0.05) is 24.1 Å². The van der Waals surface area contributed by atoms with Gasteiger partial charge in [-0.05, 0) is 54.6 Å². The van der Waals surface area contributed by atoms with Crippen molar-refractivity contribution in [3.8, 4) is 29.6 Å². The highest BCUT2D eigenvalue weighted by molar-refractivity contribution is 5.90. The Morgan fingerprint density at radius 2 is 1.02 bits per heavy atom. The molecule has 0 radical (unpaired) electrons. The third kappa shape index (κ3) is 10.5. The summed E-state index contributed by atoms with van der Waals surface area (Å²) in [5.74, 6) is -1.53. The van der Waals surface area contributed by atoms with E-state index in [1.165, 1.54) is 33.5 Å². The summed E-state index contributed by atoms with van der Waals surface area (Å²) in [5.41, 5.74) is 1.03. The van der Waals surface area contributed by atoms with Gasteiger partial charge in [-0.25, -0.2) is 14.4 Å². The van der Waals surface area contributed by atoms with Crippen LogP contribution in [0.2, 0.25) is 0 Å². The average Bonchev–Trinajstić information content (AvgIpc) is 3.10. The summed E-state index contributed by atoms with van der Waals surface area (Å²) in [6.45, 7) is -1.23. The van der Waals surface area contributed by atoms with Crippen molar-refractivity contribution in [1.29, 1.82) is 0 Å². The van der Waals surface area contributed by atoms with Crippen LogP contribution < -0.4 is 14.2 Å². The predicted octanol–water partition coefficient (Wildman–Crippen LogP) is 2.63. The zero-order chi connectivity index (χ0) is 33.6. The number of esters is 3. The lowest BCUT2D eigenvalue weighted by Gasteiger charge is -2.40. The van der Waals surface area contributed by atoms with Gasteiger partial charge in [-0.3, -0.25) is 0 Å². The molecule has 0 bridgehead atoms. The van der Waals surface area contributed by atoms with Crippen LogP contribution in [0.25, 0.3) is 0 Å². The maximum absolute atomic E-state index is 11.6. The van der Waals surface area contributed by atoms with E-state index in [1.807, 2.05) is 0 Å². The lowest BCUT2D eigenvalue weighted by Crippen LogP contribution is -2.58. The van der Waals surface area contributed by atoms with Gasteiger partial charge in [0.25, 0.3) is 0 Å².